The van der Waals surface area contributed by atoms with Crippen LogP contribution in [0.25, 0.3) is 0 Å². The van der Waals surface area contributed by atoms with Crippen LogP contribution in [0.15, 0.2) is 18.7 Å². The van der Waals surface area contributed by atoms with Gasteiger partial charge in [0.15, 0.2) is 0 Å². The van der Waals surface area contributed by atoms with Gasteiger partial charge in [0.2, 0.25) is 0 Å². The molecule has 1 rings (SSSR count). The molecule has 0 atom stereocenters. The number of hydrogen-bond acceptors (Lipinski definition) is 3. The molecular weight excluding hydrogens is 194 g/mol. The predicted molar refractivity (Wildman–Crippen MR) is 56.5 cm³/mol. The molecule has 0 aliphatic heterocycles. The van der Waals surface area contributed by atoms with Crippen molar-refractivity contribution in [3.63, 3.8) is 0 Å². The molecule has 5 nitrogen and oxygen atoms in total. The van der Waals surface area contributed by atoms with Crippen LogP contribution in [0, 0.1) is 5.41 Å². The fraction of sp³-hybridized carbons (Fsp3) is 0.600. The van der Waals surface area contributed by atoms with Gasteiger partial charge in [-0.1, -0.05) is 0 Å². The number of carboxylic acid groups (broad SMARTS) is 1. The number of hydrogen-bond donors (Lipinski definition) is 2. The molecule has 0 aliphatic rings. The van der Waals surface area contributed by atoms with Crippen LogP contribution in [0.5, 0.6) is 0 Å². The van der Waals surface area contributed by atoms with E-state index in [4.69, 9.17) is 5.11 Å². The number of nitrogens with one attached hydrogen (secondary N) is 1. The fourth-order valence-electron chi connectivity index (χ4n) is 1.10. The van der Waals surface area contributed by atoms with Gasteiger partial charge in [0.05, 0.1) is 11.7 Å². The third kappa shape index (κ3) is 3.71. The van der Waals surface area contributed by atoms with Crippen molar-refractivity contribution in [1.82, 2.24) is 14.9 Å². The van der Waals surface area contributed by atoms with E-state index in [1.807, 2.05) is 10.8 Å². The van der Waals surface area contributed by atoms with Crippen LogP contribution >= 0.6 is 0 Å². The van der Waals surface area contributed by atoms with Gasteiger partial charge < -0.3 is 15.0 Å². The maximum atomic E-state index is 10.8. The molecule has 1 heterocycles. The Bertz CT molecular complexity index is 306. The first kappa shape index (κ1) is 11.7. The summed E-state index contributed by atoms with van der Waals surface area (Å²) in [6, 6.07) is 0. The SMILES string of the molecule is CC(C)(CNCCn1ccnc1)C(=O)O. The molecule has 0 unspecified atom stereocenters. The molecule has 0 aliphatic carbocycles. The molecule has 0 saturated heterocycles. The highest BCUT2D eigenvalue weighted by atomic mass is 16.4. The average molecular weight is 211 g/mol. The molecule has 0 radical (unpaired) electrons. The van der Waals surface area contributed by atoms with Gasteiger partial charge in [-0.25, -0.2) is 4.98 Å². The lowest BCUT2D eigenvalue weighted by atomic mass is 9.94. The highest BCUT2D eigenvalue weighted by Crippen LogP contribution is 2.12. The Morgan fingerprint density at radius 2 is 2.33 bits per heavy atom. The van der Waals surface area contributed by atoms with Gasteiger partial charge in [0.1, 0.15) is 0 Å². The largest absolute Gasteiger partial charge is 0.481 e. The van der Waals surface area contributed by atoms with Crippen molar-refractivity contribution in [2.75, 3.05) is 13.1 Å². The van der Waals surface area contributed by atoms with E-state index in [0.717, 1.165) is 13.1 Å². The first-order valence-corrected chi connectivity index (χ1v) is 4.92. The summed E-state index contributed by atoms with van der Waals surface area (Å²) < 4.78 is 1.95. The molecule has 0 aromatic carbocycles. The van der Waals surface area contributed by atoms with Crippen molar-refractivity contribution >= 4 is 5.97 Å². The topological polar surface area (TPSA) is 67.2 Å². The number of carbonyl (C=O) groups is 1. The standard InChI is InChI=1S/C10H17N3O2/c1-10(2,9(14)15)7-11-3-5-13-6-4-12-8-13/h4,6,8,11H,3,5,7H2,1-2H3,(H,14,15). The van der Waals surface area contributed by atoms with Crippen molar-refractivity contribution in [1.29, 1.82) is 0 Å². The van der Waals surface area contributed by atoms with Crippen LogP contribution < -0.4 is 5.32 Å². The molecule has 0 spiro atoms. The van der Waals surface area contributed by atoms with Crippen LogP contribution in [-0.4, -0.2) is 33.7 Å². The zero-order chi connectivity index (χ0) is 11.3. The van der Waals surface area contributed by atoms with Gasteiger partial charge in [-0.3, -0.25) is 4.79 Å². The Hall–Kier alpha value is -1.36. The third-order valence-corrected chi connectivity index (χ3v) is 2.25. The first-order chi connectivity index (χ1) is 7.02. The lowest BCUT2D eigenvalue weighted by Crippen LogP contribution is -2.37. The van der Waals surface area contributed by atoms with Crippen LogP contribution in [0.2, 0.25) is 0 Å². The summed E-state index contributed by atoms with van der Waals surface area (Å²) in [4.78, 5) is 14.7. The molecule has 84 valence electrons. The van der Waals surface area contributed by atoms with Crippen LogP contribution in [-0.2, 0) is 11.3 Å². The second-order valence-electron chi connectivity index (χ2n) is 4.17. The molecule has 0 bridgehead atoms. The minimum atomic E-state index is -0.780. The van der Waals surface area contributed by atoms with Gasteiger partial charge in [-0.15, -0.1) is 0 Å². The summed E-state index contributed by atoms with van der Waals surface area (Å²) in [6.45, 7) is 5.43. The Labute approximate surface area is 89.1 Å². The lowest BCUT2D eigenvalue weighted by Gasteiger charge is -2.19. The second-order valence-corrected chi connectivity index (χ2v) is 4.17. The van der Waals surface area contributed by atoms with E-state index >= 15 is 0 Å². The first-order valence-electron chi connectivity index (χ1n) is 4.92. The quantitative estimate of drug-likeness (QED) is 0.676. The molecule has 5 heteroatoms. The summed E-state index contributed by atoms with van der Waals surface area (Å²) in [5.74, 6) is -0.780. The van der Waals surface area contributed by atoms with Gasteiger partial charge in [0, 0.05) is 32.0 Å². The van der Waals surface area contributed by atoms with Gasteiger partial charge >= 0.3 is 5.97 Å². The van der Waals surface area contributed by atoms with Crippen LogP contribution in [0.3, 0.4) is 0 Å². The van der Waals surface area contributed by atoms with Crippen molar-refractivity contribution in [2.45, 2.75) is 20.4 Å². The lowest BCUT2D eigenvalue weighted by molar-refractivity contribution is -0.146. The third-order valence-electron chi connectivity index (χ3n) is 2.25. The molecular formula is C10H17N3O2. The fourth-order valence-corrected chi connectivity index (χ4v) is 1.10. The minimum absolute atomic E-state index is 0.469. The zero-order valence-corrected chi connectivity index (χ0v) is 9.10. The highest BCUT2D eigenvalue weighted by molar-refractivity contribution is 5.73. The van der Waals surface area contributed by atoms with Crippen molar-refractivity contribution < 1.29 is 9.90 Å². The molecule has 1 aromatic rings. The minimum Gasteiger partial charge on any atom is -0.481 e. The smallest absolute Gasteiger partial charge is 0.310 e. The Kier molecular flexibility index (Phi) is 3.85. The van der Waals surface area contributed by atoms with Crippen molar-refractivity contribution in [3.05, 3.63) is 18.7 Å². The molecule has 0 saturated carbocycles. The summed E-state index contributed by atoms with van der Waals surface area (Å²) >= 11 is 0. The van der Waals surface area contributed by atoms with Gasteiger partial charge in [-0.2, -0.15) is 0 Å². The monoisotopic (exact) mass is 211 g/mol. The summed E-state index contributed by atoms with van der Waals surface area (Å²) in [6.07, 6.45) is 5.34. The summed E-state index contributed by atoms with van der Waals surface area (Å²) in [7, 11) is 0. The number of carboxylic acids is 1. The number of rotatable bonds is 6. The molecule has 15 heavy (non-hydrogen) atoms. The summed E-state index contributed by atoms with van der Waals surface area (Å²) in [5, 5.41) is 12.0. The van der Waals surface area contributed by atoms with E-state index in [9.17, 15) is 4.79 Å². The van der Waals surface area contributed by atoms with E-state index in [1.54, 1.807) is 26.4 Å². The van der Waals surface area contributed by atoms with E-state index in [1.165, 1.54) is 0 Å². The number of nitrogens with zero attached hydrogens (tertiary/aromatic N) is 2. The van der Waals surface area contributed by atoms with E-state index in [2.05, 4.69) is 10.3 Å². The van der Waals surface area contributed by atoms with Gasteiger partial charge in [0.25, 0.3) is 0 Å². The Morgan fingerprint density at radius 3 is 2.87 bits per heavy atom. The maximum Gasteiger partial charge on any atom is 0.310 e. The highest BCUT2D eigenvalue weighted by Gasteiger charge is 2.26. The van der Waals surface area contributed by atoms with E-state index in [0.29, 0.717) is 6.54 Å². The number of imidazole rings is 1. The Balaban J connectivity index is 2.19. The Morgan fingerprint density at radius 1 is 1.60 bits per heavy atom. The maximum absolute atomic E-state index is 10.8. The van der Waals surface area contributed by atoms with Gasteiger partial charge in [-0.05, 0) is 13.8 Å². The van der Waals surface area contributed by atoms with Crippen molar-refractivity contribution in [2.24, 2.45) is 5.41 Å². The summed E-state index contributed by atoms with van der Waals surface area (Å²) in [5.41, 5.74) is -0.713. The number of aliphatic carboxylic acids is 1. The molecule has 2 N–H and O–H groups in total. The normalized spacial score (nSPS) is 11.6. The van der Waals surface area contributed by atoms with E-state index < -0.39 is 11.4 Å². The number of aromatic nitrogens is 2. The molecule has 0 amide bonds. The zero-order valence-electron chi connectivity index (χ0n) is 9.10. The average Bonchev–Trinajstić information content (AvgIpc) is 2.64. The van der Waals surface area contributed by atoms with Crippen molar-refractivity contribution in [3.8, 4) is 0 Å². The van der Waals surface area contributed by atoms with Crippen LogP contribution in [0.4, 0.5) is 0 Å². The molecule has 0 fully saturated rings. The van der Waals surface area contributed by atoms with E-state index in [-0.39, 0.29) is 0 Å². The molecule has 1 aromatic heterocycles. The van der Waals surface area contributed by atoms with Crippen LogP contribution in [0.1, 0.15) is 13.8 Å². The predicted octanol–water partition coefficient (Wildman–Crippen LogP) is 0.583. The second kappa shape index (κ2) is 4.93.